The van der Waals surface area contributed by atoms with Crippen LogP contribution < -0.4 is 11.1 Å². The second kappa shape index (κ2) is 4.86. The van der Waals surface area contributed by atoms with Crippen LogP contribution in [-0.2, 0) is 0 Å². The number of nitrogens with one attached hydrogen (secondary N) is 1. The Hall–Kier alpha value is -1.05. The van der Waals surface area contributed by atoms with Gasteiger partial charge in [-0.15, -0.1) is 0 Å². The predicted molar refractivity (Wildman–Crippen MR) is 68.0 cm³/mol. The molecule has 0 heterocycles. The van der Waals surface area contributed by atoms with Crippen molar-refractivity contribution >= 4 is 21.6 Å². The minimum atomic E-state index is 0.226. The van der Waals surface area contributed by atoms with E-state index in [1.165, 1.54) is 12.8 Å². The number of rotatable bonds is 4. The van der Waals surface area contributed by atoms with Crippen LogP contribution in [0.25, 0.3) is 0 Å². The fraction of sp³-hybridized carbons (Fsp3) is 0.417. The second-order valence-electron chi connectivity index (χ2n) is 4.22. The molecule has 1 aromatic rings. The molecule has 0 aromatic heterocycles. The molecule has 1 fully saturated rings. The number of benzene rings is 1. The van der Waals surface area contributed by atoms with E-state index >= 15 is 0 Å². The Bertz CT molecular complexity index is 421. The Balaban J connectivity index is 1.98. The molecule has 0 saturated heterocycles. The van der Waals surface area contributed by atoms with Crippen molar-refractivity contribution in [2.45, 2.75) is 18.9 Å². The van der Waals surface area contributed by atoms with Crippen LogP contribution in [0.2, 0.25) is 0 Å². The van der Waals surface area contributed by atoms with Crippen molar-refractivity contribution in [1.82, 2.24) is 0 Å². The molecule has 0 bridgehead atoms. The van der Waals surface area contributed by atoms with Crippen molar-refractivity contribution in [2.24, 2.45) is 11.7 Å². The van der Waals surface area contributed by atoms with E-state index in [4.69, 9.17) is 11.0 Å². The normalized spacial score (nSPS) is 16.6. The van der Waals surface area contributed by atoms with Crippen LogP contribution in [0, 0.1) is 17.2 Å². The summed E-state index contributed by atoms with van der Waals surface area (Å²) in [5.74, 6) is 0.690. The highest BCUT2D eigenvalue weighted by Crippen LogP contribution is 2.31. The highest BCUT2D eigenvalue weighted by atomic mass is 79.9. The first kappa shape index (κ1) is 11.4. The topological polar surface area (TPSA) is 61.8 Å². The van der Waals surface area contributed by atoms with Crippen molar-refractivity contribution in [2.75, 3.05) is 11.9 Å². The molecular formula is C12H14BrN3. The Morgan fingerprint density at radius 2 is 2.25 bits per heavy atom. The molecule has 1 aliphatic rings. The van der Waals surface area contributed by atoms with E-state index in [2.05, 4.69) is 27.3 Å². The third-order valence-electron chi connectivity index (χ3n) is 2.80. The van der Waals surface area contributed by atoms with Gasteiger partial charge in [0.05, 0.1) is 11.6 Å². The summed E-state index contributed by atoms with van der Waals surface area (Å²) >= 11 is 3.38. The predicted octanol–water partition coefficient (Wildman–Crippen LogP) is 2.47. The molecule has 1 unspecified atom stereocenters. The van der Waals surface area contributed by atoms with Crippen molar-refractivity contribution in [3.05, 3.63) is 28.2 Å². The van der Waals surface area contributed by atoms with E-state index < -0.39 is 0 Å². The van der Waals surface area contributed by atoms with Crippen LogP contribution >= 0.6 is 15.9 Å². The van der Waals surface area contributed by atoms with Gasteiger partial charge in [0.1, 0.15) is 0 Å². The third-order valence-corrected chi connectivity index (χ3v) is 3.25. The molecule has 16 heavy (non-hydrogen) atoms. The summed E-state index contributed by atoms with van der Waals surface area (Å²) in [4.78, 5) is 0. The first-order chi connectivity index (χ1) is 7.69. The number of hydrogen-bond donors (Lipinski definition) is 2. The fourth-order valence-electron chi connectivity index (χ4n) is 1.68. The molecule has 0 spiro atoms. The lowest BCUT2D eigenvalue weighted by molar-refractivity contribution is 0.621. The first-order valence-electron chi connectivity index (χ1n) is 5.39. The van der Waals surface area contributed by atoms with E-state index in [0.29, 0.717) is 11.5 Å². The summed E-state index contributed by atoms with van der Waals surface area (Å²) in [7, 11) is 0. The van der Waals surface area contributed by atoms with Gasteiger partial charge in [0, 0.05) is 22.7 Å². The zero-order valence-electron chi connectivity index (χ0n) is 8.91. The average molecular weight is 280 g/mol. The molecule has 4 heteroatoms. The molecule has 0 aliphatic heterocycles. The van der Waals surface area contributed by atoms with Crippen molar-refractivity contribution in [1.29, 1.82) is 5.26 Å². The third kappa shape index (κ3) is 2.97. The molecule has 1 aromatic carbocycles. The van der Waals surface area contributed by atoms with Gasteiger partial charge in [-0.2, -0.15) is 5.26 Å². The number of nitrogens with zero attached hydrogens (tertiary/aromatic N) is 1. The molecular weight excluding hydrogens is 266 g/mol. The first-order valence-corrected chi connectivity index (χ1v) is 6.18. The van der Waals surface area contributed by atoms with Gasteiger partial charge in [-0.3, -0.25) is 0 Å². The van der Waals surface area contributed by atoms with E-state index in [1.807, 2.05) is 12.1 Å². The highest BCUT2D eigenvalue weighted by molar-refractivity contribution is 9.10. The number of nitriles is 1. The van der Waals surface area contributed by atoms with E-state index in [0.717, 1.165) is 16.7 Å². The lowest BCUT2D eigenvalue weighted by Gasteiger charge is -2.13. The van der Waals surface area contributed by atoms with Gasteiger partial charge in [-0.1, -0.05) is 15.9 Å². The van der Waals surface area contributed by atoms with Gasteiger partial charge in [0.25, 0.3) is 0 Å². The summed E-state index contributed by atoms with van der Waals surface area (Å²) in [5.41, 5.74) is 7.59. The van der Waals surface area contributed by atoms with Crippen molar-refractivity contribution in [3.63, 3.8) is 0 Å². The Labute approximate surface area is 104 Å². The molecule has 1 atom stereocenters. The Kier molecular flexibility index (Phi) is 3.47. The van der Waals surface area contributed by atoms with Crippen LogP contribution in [0.5, 0.6) is 0 Å². The van der Waals surface area contributed by atoms with Crippen LogP contribution in [-0.4, -0.2) is 12.6 Å². The second-order valence-corrected chi connectivity index (χ2v) is 5.14. The Morgan fingerprint density at radius 1 is 1.50 bits per heavy atom. The minimum absolute atomic E-state index is 0.226. The largest absolute Gasteiger partial charge is 0.383 e. The van der Waals surface area contributed by atoms with Crippen LogP contribution in [0.1, 0.15) is 18.4 Å². The molecule has 3 N–H and O–H groups in total. The van der Waals surface area contributed by atoms with Crippen LogP contribution in [0.4, 0.5) is 5.69 Å². The molecule has 2 rings (SSSR count). The summed E-state index contributed by atoms with van der Waals surface area (Å²) in [5, 5.41) is 12.1. The quantitative estimate of drug-likeness (QED) is 0.890. The fourth-order valence-corrected chi connectivity index (χ4v) is 2.18. The standard InChI is InChI=1S/C12H14BrN3/c13-10-3-8(6-14)4-11(5-10)16-7-12(15)9-1-2-9/h3-5,9,12,16H,1-2,7,15H2. The maximum atomic E-state index is 8.84. The SMILES string of the molecule is N#Cc1cc(Br)cc(NCC(N)C2CC2)c1. The minimum Gasteiger partial charge on any atom is -0.383 e. The summed E-state index contributed by atoms with van der Waals surface area (Å²) in [6.07, 6.45) is 2.51. The van der Waals surface area contributed by atoms with Gasteiger partial charge in [-0.05, 0) is 37.0 Å². The maximum Gasteiger partial charge on any atom is 0.0992 e. The zero-order chi connectivity index (χ0) is 11.5. The molecule has 3 nitrogen and oxygen atoms in total. The number of nitrogens with two attached hydrogens (primary N) is 1. The number of halogens is 1. The monoisotopic (exact) mass is 279 g/mol. The summed E-state index contributed by atoms with van der Waals surface area (Å²) in [6, 6.07) is 7.95. The smallest absolute Gasteiger partial charge is 0.0992 e. The molecule has 84 valence electrons. The molecule has 1 saturated carbocycles. The van der Waals surface area contributed by atoms with E-state index in [1.54, 1.807) is 6.07 Å². The lowest BCUT2D eigenvalue weighted by atomic mass is 10.2. The van der Waals surface area contributed by atoms with Gasteiger partial charge in [-0.25, -0.2) is 0 Å². The van der Waals surface area contributed by atoms with Gasteiger partial charge in [0.15, 0.2) is 0 Å². The van der Waals surface area contributed by atoms with E-state index in [-0.39, 0.29) is 6.04 Å². The summed E-state index contributed by atoms with van der Waals surface area (Å²) in [6.45, 7) is 0.770. The van der Waals surface area contributed by atoms with Crippen molar-refractivity contribution < 1.29 is 0 Å². The molecule has 0 amide bonds. The van der Waals surface area contributed by atoms with Crippen LogP contribution in [0.3, 0.4) is 0 Å². The van der Waals surface area contributed by atoms with Gasteiger partial charge >= 0.3 is 0 Å². The lowest BCUT2D eigenvalue weighted by Crippen LogP contribution is -2.31. The summed E-state index contributed by atoms with van der Waals surface area (Å²) < 4.78 is 0.911. The highest BCUT2D eigenvalue weighted by Gasteiger charge is 2.27. The van der Waals surface area contributed by atoms with E-state index in [9.17, 15) is 0 Å². The molecule has 1 aliphatic carbocycles. The zero-order valence-corrected chi connectivity index (χ0v) is 10.5. The number of hydrogen-bond acceptors (Lipinski definition) is 3. The van der Waals surface area contributed by atoms with Gasteiger partial charge in [0.2, 0.25) is 0 Å². The number of anilines is 1. The maximum absolute atomic E-state index is 8.84. The average Bonchev–Trinajstić information content (AvgIpc) is 3.08. The van der Waals surface area contributed by atoms with Crippen LogP contribution in [0.15, 0.2) is 22.7 Å². The molecule has 0 radical (unpaired) electrons. The van der Waals surface area contributed by atoms with Gasteiger partial charge < -0.3 is 11.1 Å². The Morgan fingerprint density at radius 3 is 2.88 bits per heavy atom. The van der Waals surface area contributed by atoms with Crippen molar-refractivity contribution in [3.8, 4) is 6.07 Å².